The van der Waals surface area contributed by atoms with Crippen LogP contribution in [0.15, 0.2) is 71.5 Å². The van der Waals surface area contributed by atoms with Gasteiger partial charge in [-0.2, -0.15) is 0 Å². The van der Waals surface area contributed by atoms with E-state index in [4.69, 9.17) is 12.2 Å². The van der Waals surface area contributed by atoms with Gasteiger partial charge in [-0.1, -0.05) is 22.0 Å². The number of thiocarbonyl (C=S) groups is 1. The second-order valence-corrected chi connectivity index (χ2v) is 7.63. The van der Waals surface area contributed by atoms with E-state index in [-0.39, 0.29) is 18.7 Å². The summed E-state index contributed by atoms with van der Waals surface area (Å²) in [7, 11) is 0. The summed E-state index contributed by atoms with van der Waals surface area (Å²) >= 11 is 9.06. The molecule has 1 aliphatic heterocycles. The van der Waals surface area contributed by atoms with Gasteiger partial charge in [0.2, 0.25) is 0 Å². The van der Waals surface area contributed by atoms with Gasteiger partial charge >= 0.3 is 0 Å². The molecule has 2 atom stereocenters. The molecule has 0 saturated carbocycles. The molecule has 27 heavy (non-hydrogen) atoms. The second-order valence-electron chi connectivity index (χ2n) is 6.32. The Labute approximate surface area is 171 Å². The lowest BCUT2D eigenvalue weighted by Crippen LogP contribution is -2.32. The van der Waals surface area contributed by atoms with Crippen molar-refractivity contribution >= 4 is 33.3 Å². The van der Waals surface area contributed by atoms with Crippen molar-refractivity contribution in [2.24, 2.45) is 0 Å². The van der Waals surface area contributed by atoms with Gasteiger partial charge in [-0.05, 0) is 60.7 Å². The number of hydrogen-bond donors (Lipinski definition) is 2. The molecule has 3 heterocycles. The van der Waals surface area contributed by atoms with Crippen molar-refractivity contribution in [2.45, 2.75) is 12.1 Å². The third-order valence-electron chi connectivity index (χ3n) is 4.73. The summed E-state index contributed by atoms with van der Waals surface area (Å²) in [6.07, 6.45) is 3.84. The summed E-state index contributed by atoms with van der Waals surface area (Å²) in [5.41, 5.74) is 3.09. The zero-order valence-electron chi connectivity index (χ0n) is 14.5. The maximum Gasteiger partial charge on any atom is 0.170 e. The molecule has 1 aromatic carbocycles. The van der Waals surface area contributed by atoms with Gasteiger partial charge in [-0.3, -0.25) is 4.98 Å². The highest BCUT2D eigenvalue weighted by Gasteiger charge is 2.40. The van der Waals surface area contributed by atoms with E-state index < -0.39 is 0 Å². The van der Waals surface area contributed by atoms with Crippen molar-refractivity contribution in [3.63, 3.8) is 0 Å². The van der Waals surface area contributed by atoms with Crippen molar-refractivity contribution in [1.82, 2.24) is 19.8 Å². The molecule has 3 aromatic rings. The van der Waals surface area contributed by atoms with Crippen LogP contribution in [0.5, 0.6) is 0 Å². The van der Waals surface area contributed by atoms with E-state index in [1.54, 1.807) is 6.20 Å². The molecule has 0 radical (unpaired) electrons. The third kappa shape index (κ3) is 3.50. The summed E-state index contributed by atoms with van der Waals surface area (Å²) in [4.78, 5) is 6.58. The standard InChI is InChI=1S/C20H19BrN4OS/c21-14-6-8-15(9-7-14)24-11-3-5-17(24)19-18(16-4-1-2-10-22-16)23-20(27)25(19)12-13-26/h1-11,18-19,26H,12-13H2,(H,23,27)/t18-,19+/m0/s1. The predicted octanol–water partition coefficient (Wildman–Crippen LogP) is 3.60. The summed E-state index contributed by atoms with van der Waals surface area (Å²) in [6, 6.07) is 18.1. The van der Waals surface area contributed by atoms with Gasteiger partial charge in [0.1, 0.15) is 0 Å². The number of aliphatic hydroxyl groups is 1. The molecule has 5 nitrogen and oxygen atoms in total. The molecule has 2 aromatic heterocycles. The van der Waals surface area contributed by atoms with Crippen molar-refractivity contribution < 1.29 is 5.11 Å². The molecule has 0 unspecified atom stereocenters. The fourth-order valence-electron chi connectivity index (χ4n) is 3.55. The summed E-state index contributed by atoms with van der Waals surface area (Å²) in [6.45, 7) is 0.498. The first kappa shape index (κ1) is 18.2. The molecule has 7 heteroatoms. The lowest BCUT2D eigenvalue weighted by atomic mass is 10.0. The number of rotatable bonds is 5. The van der Waals surface area contributed by atoms with E-state index in [1.165, 1.54) is 0 Å². The summed E-state index contributed by atoms with van der Waals surface area (Å²) < 4.78 is 3.20. The molecular weight excluding hydrogens is 424 g/mol. The number of halogens is 1. The second kappa shape index (κ2) is 7.80. The Morgan fingerprint density at radius 2 is 1.93 bits per heavy atom. The molecule has 0 spiro atoms. The SMILES string of the molecule is OCCN1C(=S)N[C@@H](c2ccccn2)[C@H]1c1cccn1-c1ccc(Br)cc1. The highest BCUT2D eigenvalue weighted by molar-refractivity contribution is 9.10. The highest BCUT2D eigenvalue weighted by atomic mass is 79.9. The molecule has 1 saturated heterocycles. The predicted molar refractivity (Wildman–Crippen MR) is 113 cm³/mol. The van der Waals surface area contributed by atoms with Crippen LogP contribution in [0, 0.1) is 0 Å². The Morgan fingerprint density at radius 1 is 1.11 bits per heavy atom. The molecular formula is C20H19BrN4OS. The van der Waals surface area contributed by atoms with Gasteiger partial charge in [0.05, 0.1) is 24.4 Å². The topological polar surface area (TPSA) is 53.3 Å². The smallest absolute Gasteiger partial charge is 0.170 e. The number of aromatic nitrogens is 2. The Kier molecular flexibility index (Phi) is 5.24. The number of pyridine rings is 1. The Bertz CT molecular complexity index is 929. The van der Waals surface area contributed by atoms with Crippen molar-refractivity contribution in [3.8, 4) is 5.69 Å². The van der Waals surface area contributed by atoms with E-state index in [1.807, 2.05) is 47.5 Å². The van der Waals surface area contributed by atoms with Gasteiger partial charge in [0, 0.05) is 34.8 Å². The van der Waals surface area contributed by atoms with E-state index >= 15 is 0 Å². The Hall–Kier alpha value is -2.22. The van der Waals surface area contributed by atoms with Crippen molar-refractivity contribution in [2.75, 3.05) is 13.2 Å². The van der Waals surface area contributed by atoms with Crippen LogP contribution >= 0.6 is 28.1 Å². The molecule has 0 bridgehead atoms. The minimum Gasteiger partial charge on any atom is -0.395 e. The largest absolute Gasteiger partial charge is 0.395 e. The minimum absolute atomic E-state index is 0.0340. The maximum absolute atomic E-state index is 9.58. The van der Waals surface area contributed by atoms with Crippen LogP contribution in [0.3, 0.4) is 0 Å². The van der Waals surface area contributed by atoms with Crippen molar-refractivity contribution in [3.05, 3.63) is 82.9 Å². The lowest BCUT2D eigenvalue weighted by Gasteiger charge is -2.28. The van der Waals surface area contributed by atoms with Gasteiger partial charge in [0.25, 0.3) is 0 Å². The monoisotopic (exact) mass is 442 g/mol. The number of benzene rings is 1. The fourth-order valence-corrected chi connectivity index (χ4v) is 4.14. The van der Waals surface area contributed by atoms with E-state index in [2.05, 4.69) is 49.0 Å². The maximum atomic E-state index is 9.58. The first-order valence-corrected chi connectivity index (χ1v) is 9.91. The first-order valence-electron chi connectivity index (χ1n) is 8.71. The Balaban J connectivity index is 1.80. The van der Waals surface area contributed by atoms with Gasteiger partial charge in [-0.25, -0.2) is 0 Å². The van der Waals surface area contributed by atoms with Gasteiger partial charge in [-0.15, -0.1) is 0 Å². The number of nitrogens with one attached hydrogen (secondary N) is 1. The normalized spacial score (nSPS) is 19.3. The first-order chi connectivity index (χ1) is 13.2. The van der Waals surface area contributed by atoms with Crippen LogP contribution in [0.1, 0.15) is 23.5 Å². The average molecular weight is 443 g/mol. The molecule has 1 fully saturated rings. The number of nitrogens with zero attached hydrogens (tertiary/aromatic N) is 3. The molecule has 2 N–H and O–H groups in total. The molecule has 0 aliphatic carbocycles. The van der Waals surface area contributed by atoms with Crippen molar-refractivity contribution in [1.29, 1.82) is 0 Å². The third-order valence-corrected chi connectivity index (χ3v) is 5.61. The van der Waals surface area contributed by atoms with Gasteiger partial charge in [0.15, 0.2) is 5.11 Å². The average Bonchev–Trinajstić information content (AvgIpc) is 3.28. The molecule has 0 amide bonds. The zero-order valence-corrected chi connectivity index (χ0v) is 16.9. The van der Waals surface area contributed by atoms with Crippen LogP contribution in [-0.4, -0.2) is 37.8 Å². The molecule has 1 aliphatic rings. The summed E-state index contributed by atoms with van der Waals surface area (Å²) in [5.74, 6) is 0. The fraction of sp³-hybridized carbons (Fsp3) is 0.200. The van der Waals surface area contributed by atoms with Crippen LogP contribution in [0.4, 0.5) is 0 Å². The quantitative estimate of drug-likeness (QED) is 0.591. The van der Waals surface area contributed by atoms with E-state index in [9.17, 15) is 5.11 Å². The Morgan fingerprint density at radius 3 is 2.63 bits per heavy atom. The van der Waals surface area contributed by atoms with Crippen LogP contribution in [-0.2, 0) is 0 Å². The molecule has 4 rings (SSSR count). The summed E-state index contributed by atoms with van der Waals surface area (Å²) in [5, 5.41) is 13.6. The number of aliphatic hydroxyl groups excluding tert-OH is 1. The lowest BCUT2D eigenvalue weighted by molar-refractivity contribution is 0.220. The van der Waals surface area contributed by atoms with E-state index in [0.717, 1.165) is 21.5 Å². The van der Waals surface area contributed by atoms with Crippen LogP contribution in [0.2, 0.25) is 0 Å². The number of β-amino-alcohol motifs (C(OH)–C–C–N with tert-alkyl or cyclic N) is 1. The van der Waals surface area contributed by atoms with Crippen LogP contribution in [0.25, 0.3) is 5.69 Å². The van der Waals surface area contributed by atoms with Crippen LogP contribution < -0.4 is 5.32 Å². The van der Waals surface area contributed by atoms with E-state index in [0.29, 0.717) is 11.7 Å². The number of hydrogen-bond acceptors (Lipinski definition) is 3. The highest BCUT2D eigenvalue weighted by Crippen LogP contribution is 2.39. The zero-order chi connectivity index (χ0) is 18.8. The molecule has 138 valence electrons. The van der Waals surface area contributed by atoms with Gasteiger partial charge < -0.3 is 19.9 Å². The minimum atomic E-state index is -0.0886.